The third-order valence-corrected chi connectivity index (χ3v) is 7.05. The Hall–Kier alpha value is -3.13. The molecule has 1 aliphatic heterocycles. The van der Waals surface area contributed by atoms with Gasteiger partial charge in [-0.15, -0.1) is 0 Å². The fourth-order valence-electron chi connectivity index (χ4n) is 3.62. The smallest absolute Gasteiger partial charge is 0.254 e. The number of nitrogens with one attached hydrogen (secondary N) is 2. The lowest BCUT2D eigenvalue weighted by Crippen LogP contribution is -2.41. The fourth-order valence-corrected chi connectivity index (χ4v) is 5.27. The number of nitrogens with zero attached hydrogens (tertiary/aromatic N) is 4. The topological polar surface area (TPSA) is 136 Å². The molecule has 0 atom stereocenters. The van der Waals surface area contributed by atoms with Gasteiger partial charge in [-0.25, -0.2) is 4.52 Å². The van der Waals surface area contributed by atoms with Gasteiger partial charge in [0.2, 0.25) is 0 Å². The maximum absolute atomic E-state index is 12.8. The van der Waals surface area contributed by atoms with Crippen molar-refractivity contribution in [2.45, 2.75) is 19.9 Å². The summed E-state index contributed by atoms with van der Waals surface area (Å²) in [5.74, 6) is 0.494. The number of nitriles is 1. The normalized spacial score (nSPS) is 16.5. The van der Waals surface area contributed by atoms with Crippen molar-refractivity contribution in [2.75, 3.05) is 23.4 Å². The predicted octanol–water partition coefficient (Wildman–Crippen LogP) is 3.20. The van der Waals surface area contributed by atoms with Crippen LogP contribution in [0.4, 0.5) is 5.69 Å². The van der Waals surface area contributed by atoms with E-state index in [1.54, 1.807) is 10.6 Å². The van der Waals surface area contributed by atoms with Gasteiger partial charge in [0.05, 0.1) is 39.9 Å². The molecular formula is C21H24N6O3S. The second-order valence-corrected chi connectivity index (χ2v) is 10.3. The summed E-state index contributed by atoms with van der Waals surface area (Å²) < 4.78 is 20.7. The summed E-state index contributed by atoms with van der Waals surface area (Å²) >= 11 is 0. The second-order valence-electron chi connectivity index (χ2n) is 8.04. The maximum Gasteiger partial charge on any atom is 0.254 e. The van der Waals surface area contributed by atoms with Crippen molar-refractivity contribution in [1.29, 1.82) is 5.26 Å². The van der Waals surface area contributed by atoms with E-state index in [2.05, 4.69) is 26.8 Å². The first-order chi connectivity index (χ1) is 14.8. The van der Waals surface area contributed by atoms with E-state index in [0.29, 0.717) is 40.6 Å². The van der Waals surface area contributed by atoms with Crippen LogP contribution in [0.3, 0.4) is 0 Å². The van der Waals surface area contributed by atoms with Gasteiger partial charge in [-0.05, 0) is 38.1 Å². The Labute approximate surface area is 181 Å². The van der Waals surface area contributed by atoms with E-state index < -0.39 is 10.6 Å². The van der Waals surface area contributed by atoms with Gasteiger partial charge < -0.3 is 10.6 Å². The minimum Gasteiger partial charge on any atom is -0.382 e. The lowest BCUT2D eigenvalue weighted by Gasteiger charge is -2.47. The predicted molar refractivity (Wildman–Crippen MR) is 120 cm³/mol. The fraction of sp³-hybridized carbons (Fsp3) is 0.333. The first-order valence-electron chi connectivity index (χ1n) is 9.92. The van der Waals surface area contributed by atoms with Gasteiger partial charge in [0, 0.05) is 36.2 Å². The van der Waals surface area contributed by atoms with Crippen LogP contribution in [0.25, 0.3) is 16.9 Å². The molecule has 3 aromatic rings. The zero-order valence-electron chi connectivity index (χ0n) is 17.2. The molecule has 1 aliphatic rings. The Morgan fingerprint density at radius 2 is 2.10 bits per heavy atom. The Morgan fingerprint density at radius 1 is 1.32 bits per heavy atom. The van der Waals surface area contributed by atoms with Gasteiger partial charge >= 0.3 is 0 Å². The number of amides is 1. The maximum atomic E-state index is 12.8. The Kier molecular flexibility index (Phi) is 5.58. The summed E-state index contributed by atoms with van der Waals surface area (Å²) in [6, 6.07) is 9.48. The second kappa shape index (κ2) is 8.19. The van der Waals surface area contributed by atoms with Crippen molar-refractivity contribution in [2.24, 2.45) is 5.92 Å². The van der Waals surface area contributed by atoms with E-state index in [0.717, 1.165) is 11.2 Å². The summed E-state index contributed by atoms with van der Waals surface area (Å²) in [7, 11) is -2.42. The highest BCUT2D eigenvalue weighted by atomic mass is 32.3. The van der Waals surface area contributed by atoms with Crippen LogP contribution in [0, 0.1) is 17.2 Å². The third kappa shape index (κ3) is 4.49. The van der Waals surface area contributed by atoms with Crippen LogP contribution in [0.5, 0.6) is 0 Å². The van der Waals surface area contributed by atoms with Gasteiger partial charge in [-0.2, -0.15) is 21.0 Å². The van der Waals surface area contributed by atoms with Crippen molar-refractivity contribution in [3.05, 3.63) is 47.8 Å². The molecule has 1 amide bonds. The molecule has 0 radical (unpaired) electrons. The Balaban J connectivity index is 1.60. The molecule has 1 fully saturated rings. The minimum atomic E-state index is -2.42. The number of pyridine rings is 1. The highest BCUT2D eigenvalue weighted by Gasteiger charge is 2.33. The van der Waals surface area contributed by atoms with Crippen molar-refractivity contribution in [3.63, 3.8) is 0 Å². The monoisotopic (exact) mass is 440 g/mol. The molecule has 0 spiro atoms. The number of hydrogen-bond donors (Lipinski definition) is 4. The SMILES string of the molecule is CC(C)Nc1cc(-c2ccc3cc(C#N)cnn23)ncc1C(=O)NCC1CS(O)(O)C1. The molecule has 0 aromatic carbocycles. The number of aromatic nitrogens is 3. The molecule has 4 heterocycles. The molecular weight excluding hydrogens is 416 g/mol. The number of fused-ring (bicyclic) bond motifs is 1. The highest BCUT2D eigenvalue weighted by molar-refractivity contribution is 8.25. The zero-order chi connectivity index (χ0) is 22.2. The molecule has 4 N–H and O–H groups in total. The van der Waals surface area contributed by atoms with Crippen molar-refractivity contribution < 1.29 is 13.9 Å². The molecule has 3 aromatic heterocycles. The van der Waals surface area contributed by atoms with Crippen molar-refractivity contribution in [3.8, 4) is 17.5 Å². The highest BCUT2D eigenvalue weighted by Crippen LogP contribution is 2.51. The quantitative estimate of drug-likeness (QED) is 0.462. The average Bonchev–Trinajstić information content (AvgIpc) is 3.13. The summed E-state index contributed by atoms with van der Waals surface area (Å²) in [6.45, 7) is 4.36. The Bertz CT molecular complexity index is 1180. The lowest BCUT2D eigenvalue weighted by atomic mass is 10.1. The van der Waals surface area contributed by atoms with E-state index in [9.17, 15) is 13.9 Å². The number of carbonyl (C=O) groups excluding carboxylic acids is 1. The van der Waals surface area contributed by atoms with Crippen LogP contribution in [0.15, 0.2) is 36.7 Å². The number of anilines is 1. The van der Waals surface area contributed by atoms with E-state index in [1.807, 2.05) is 32.0 Å². The molecule has 4 rings (SSSR count). The summed E-state index contributed by atoms with van der Waals surface area (Å²) in [4.78, 5) is 17.3. The molecule has 31 heavy (non-hydrogen) atoms. The lowest BCUT2D eigenvalue weighted by molar-refractivity contribution is 0.0948. The van der Waals surface area contributed by atoms with Gasteiger partial charge in [0.1, 0.15) is 6.07 Å². The van der Waals surface area contributed by atoms with Gasteiger partial charge in [0.15, 0.2) is 0 Å². The van der Waals surface area contributed by atoms with E-state index in [-0.39, 0.29) is 17.9 Å². The first kappa shape index (κ1) is 21.1. The van der Waals surface area contributed by atoms with Crippen LogP contribution in [0.2, 0.25) is 0 Å². The van der Waals surface area contributed by atoms with E-state index in [4.69, 9.17) is 5.26 Å². The van der Waals surface area contributed by atoms with Crippen molar-refractivity contribution >= 4 is 27.7 Å². The molecule has 162 valence electrons. The molecule has 0 saturated carbocycles. The third-order valence-electron chi connectivity index (χ3n) is 5.04. The number of hydrogen-bond acceptors (Lipinski definition) is 7. The summed E-state index contributed by atoms with van der Waals surface area (Å²) in [5, 5.41) is 19.6. The van der Waals surface area contributed by atoms with E-state index >= 15 is 0 Å². The van der Waals surface area contributed by atoms with Gasteiger partial charge in [-0.1, -0.05) is 0 Å². The Morgan fingerprint density at radius 3 is 2.77 bits per heavy atom. The van der Waals surface area contributed by atoms with Gasteiger partial charge in [0.25, 0.3) is 5.91 Å². The molecule has 0 bridgehead atoms. The number of carbonyl (C=O) groups is 1. The largest absolute Gasteiger partial charge is 0.382 e. The summed E-state index contributed by atoms with van der Waals surface area (Å²) in [5.41, 5.74) is 3.72. The molecule has 9 nitrogen and oxygen atoms in total. The van der Waals surface area contributed by atoms with Crippen LogP contribution in [0.1, 0.15) is 29.8 Å². The van der Waals surface area contributed by atoms with Crippen LogP contribution in [-0.4, -0.2) is 53.7 Å². The van der Waals surface area contributed by atoms with Crippen molar-refractivity contribution in [1.82, 2.24) is 19.9 Å². The molecule has 1 saturated heterocycles. The molecule has 0 unspecified atom stereocenters. The standard InChI is InChI=1S/C21H24N6O3S/c1-13(2)26-18-6-19(20-4-3-16-5-14(7-22)9-25-27(16)20)23-10-17(18)21(28)24-8-15-11-31(29,30)12-15/h3-6,9-10,13,15,29-30H,8,11-12H2,1-2H3,(H,23,26)(H,24,28). The van der Waals surface area contributed by atoms with Crippen LogP contribution >= 0.6 is 10.6 Å². The van der Waals surface area contributed by atoms with E-state index in [1.165, 1.54) is 12.4 Å². The minimum absolute atomic E-state index is 0.0825. The molecule has 10 heteroatoms. The summed E-state index contributed by atoms with van der Waals surface area (Å²) in [6.07, 6.45) is 3.04. The number of rotatable bonds is 6. The van der Waals surface area contributed by atoms with Gasteiger partial charge in [-0.3, -0.25) is 18.9 Å². The molecule has 0 aliphatic carbocycles. The van der Waals surface area contributed by atoms with Crippen LogP contribution < -0.4 is 10.6 Å². The van der Waals surface area contributed by atoms with Crippen LogP contribution in [-0.2, 0) is 0 Å². The zero-order valence-corrected chi connectivity index (χ0v) is 18.1. The first-order valence-corrected chi connectivity index (χ1v) is 11.8. The average molecular weight is 441 g/mol.